The number of nitrogens with two attached hydrogens (primary N) is 1. The van der Waals surface area contributed by atoms with Gasteiger partial charge in [-0.2, -0.15) is 0 Å². The topological polar surface area (TPSA) is 30.6 Å². The highest BCUT2D eigenvalue weighted by Crippen LogP contribution is 1.78. The highest BCUT2D eigenvalue weighted by molar-refractivity contribution is 7.78. The summed E-state index contributed by atoms with van der Waals surface area (Å²) in [6.45, 7) is 0. The second-order valence-corrected chi connectivity index (χ2v) is 2.22. The van der Waals surface area contributed by atoms with Crippen LogP contribution >= 0.6 is 12.2 Å². The van der Waals surface area contributed by atoms with Crippen LogP contribution in [0.15, 0.2) is 0 Å². The standard InChI is InChI=1S/C4H8N2S3/c7-3-1-2-4(5-8)6-9/h3,5H,1-2,6H2. The fourth-order valence-electron chi connectivity index (χ4n) is 0.348. The molecule has 0 saturated heterocycles. The van der Waals surface area contributed by atoms with Gasteiger partial charge in [0.05, 0.1) is 6.42 Å². The van der Waals surface area contributed by atoms with Crippen molar-refractivity contribution in [3.8, 4) is 0 Å². The molecule has 0 aromatic carbocycles. The third-order valence-electron chi connectivity index (χ3n) is 0.805. The van der Waals surface area contributed by atoms with Crippen LogP contribution in [0.2, 0.25) is 0 Å². The minimum atomic E-state index is 0.830. The summed E-state index contributed by atoms with van der Waals surface area (Å²) >= 11 is 13.8. The van der Waals surface area contributed by atoms with E-state index in [9.17, 15) is 0 Å². The van der Waals surface area contributed by atoms with Crippen molar-refractivity contribution in [3.63, 3.8) is 0 Å². The molecule has 0 aromatic rings. The number of hydrogen-bond donors (Lipinski definition) is 2. The molecular weight excluding hydrogens is 172 g/mol. The van der Waals surface area contributed by atoms with Gasteiger partial charge in [0.25, 0.3) is 0 Å². The summed E-state index contributed by atoms with van der Waals surface area (Å²) in [6.07, 6.45) is 1.68. The van der Waals surface area contributed by atoms with Gasteiger partial charge in [-0.1, -0.05) is 12.2 Å². The first-order valence-corrected chi connectivity index (χ1v) is 3.83. The predicted molar refractivity (Wildman–Crippen MR) is 45.5 cm³/mol. The second kappa shape index (κ2) is 6.41. The number of quaternary nitrogens is 1. The zero-order valence-electron chi connectivity index (χ0n) is 4.79. The third kappa shape index (κ3) is 4.77. The molecule has 5 heteroatoms. The second-order valence-electron chi connectivity index (χ2n) is 1.45. The van der Waals surface area contributed by atoms with Crippen LogP contribution < -0.4 is 9.12 Å². The van der Waals surface area contributed by atoms with E-state index in [1.54, 1.807) is 10.1 Å². The summed E-state index contributed by atoms with van der Waals surface area (Å²) in [5.41, 5.74) is 0. The van der Waals surface area contributed by atoms with Gasteiger partial charge in [-0.3, -0.25) is 0 Å². The average Bonchev–Trinajstić information content (AvgIpc) is 1.91. The maximum atomic E-state index is 4.65. The van der Waals surface area contributed by atoms with Gasteiger partial charge < -0.3 is 34.7 Å². The van der Waals surface area contributed by atoms with Crippen molar-refractivity contribution >= 4 is 49.1 Å². The Morgan fingerprint density at radius 1 is 1.78 bits per heavy atom. The molecule has 2 nitrogen and oxygen atoms in total. The van der Waals surface area contributed by atoms with E-state index in [4.69, 9.17) is 0 Å². The van der Waals surface area contributed by atoms with E-state index >= 15 is 0 Å². The zero-order valence-corrected chi connectivity index (χ0v) is 7.24. The third-order valence-corrected chi connectivity index (χ3v) is 1.59. The van der Waals surface area contributed by atoms with E-state index in [0.717, 1.165) is 18.7 Å². The highest BCUT2D eigenvalue weighted by Gasteiger charge is 1.96. The van der Waals surface area contributed by atoms with Crippen LogP contribution in [-0.2, 0) is 25.6 Å². The quantitative estimate of drug-likeness (QED) is 0.222. The fraction of sp³-hybridized carbons (Fsp3) is 0.500. The largest absolute Gasteiger partial charge is 0.486 e. The van der Waals surface area contributed by atoms with Gasteiger partial charge in [-0.25, -0.2) is 0 Å². The Hall–Kier alpha value is 0.290. The molecule has 0 atom stereocenters. The number of amidine groups is 1. The average molecular weight is 180 g/mol. The molecule has 0 fully saturated rings. The lowest BCUT2D eigenvalue weighted by Gasteiger charge is -1.98. The van der Waals surface area contributed by atoms with Crippen LogP contribution in [0, 0.1) is 0 Å². The van der Waals surface area contributed by atoms with E-state index in [0.29, 0.717) is 0 Å². The van der Waals surface area contributed by atoms with Gasteiger partial charge in [0.15, 0.2) is 0 Å². The summed E-state index contributed by atoms with van der Waals surface area (Å²) in [5.74, 6) is 0.890. The molecule has 0 radical (unpaired) electrons. The molecule has 0 unspecified atom stereocenters. The summed E-state index contributed by atoms with van der Waals surface area (Å²) in [5, 5.41) is 1.67. The van der Waals surface area contributed by atoms with E-state index in [-0.39, 0.29) is 0 Å². The molecule has 0 aromatic heterocycles. The summed E-state index contributed by atoms with van der Waals surface area (Å²) in [7, 11) is 0. The Kier molecular flexibility index (Phi) is 6.62. The van der Waals surface area contributed by atoms with Crippen molar-refractivity contribution in [2.75, 3.05) is 0 Å². The molecule has 0 aliphatic heterocycles. The lowest BCUT2D eigenvalue weighted by molar-refractivity contribution is -0.425. The molecule has 9 heavy (non-hydrogen) atoms. The van der Waals surface area contributed by atoms with Crippen molar-refractivity contribution in [3.05, 3.63) is 0 Å². The van der Waals surface area contributed by atoms with Crippen molar-refractivity contribution in [1.29, 1.82) is 0 Å². The molecule has 0 aliphatic carbocycles. The Morgan fingerprint density at radius 3 is 2.78 bits per heavy atom. The van der Waals surface area contributed by atoms with Gasteiger partial charge in [0, 0.05) is 0 Å². The van der Waals surface area contributed by atoms with Crippen LogP contribution in [0.1, 0.15) is 12.8 Å². The number of rotatable bonds is 3. The molecule has 0 amide bonds. The van der Waals surface area contributed by atoms with Crippen LogP contribution in [-0.4, -0.2) is 11.2 Å². The lowest BCUT2D eigenvalue weighted by atomic mass is 10.3. The number of nitrogens with one attached hydrogen (secondary N) is 1. The van der Waals surface area contributed by atoms with Gasteiger partial charge in [-0.15, -0.1) is 0 Å². The Morgan fingerprint density at radius 2 is 2.44 bits per heavy atom. The van der Waals surface area contributed by atoms with Crippen LogP contribution in [0.5, 0.6) is 0 Å². The maximum Gasteiger partial charge on any atom is 0.300 e. The van der Waals surface area contributed by atoms with Gasteiger partial charge in [0.2, 0.25) is 0 Å². The summed E-state index contributed by atoms with van der Waals surface area (Å²) in [6, 6.07) is 0. The smallest absolute Gasteiger partial charge is 0.300 e. The van der Waals surface area contributed by atoms with E-state index in [1.165, 1.54) is 0 Å². The summed E-state index contributed by atoms with van der Waals surface area (Å²) in [4.78, 5) is 0. The highest BCUT2D eigenvalue weighted by atomic mass is 32.1. The monoisotopic (exact) mass is 180 g/mol. The van der Waals surface area contributed by atoms with Crippen LogP contribution in [0.4, 0.5) is 0 Å². The van der Waals surface area contributed by atoms with Gasteiger partial charge in [-0.05, 0) is 11.8 Å². The molecule has 52 valence electrons. The first-order valence-electron chi connectivity index (χ1n) is 2.48. The molecular formula is C4H8N2S3. The fourth-order valence-corrected chi connectivity index (χ4v) is 0.879. The first-order chi connectivity index (χ1) is 4.35. The molecule has 0 heterocycles. The van der Waals surface area contributed by atoms with E-state index in [2.05, 4.69) is 42.2 Å². The SMILES string of the molecule is S=CCCC(=[NH+][S-])[NH2+][S-]. The Bertz CT molecular complexity index is 112. The minimum absolute atomic E-state index is 0.830. The van der Waals surface area contributed by atoms with Gasteiger partial charge in [0.1, 0.15) is 0 Å². The molecule has 0 aliphatic rings. The summed E-state index contributed by atoms with van der Waals surface area (Å²) < 4.78 is 4.11. The van der Waals surface area contributed by atoms with E-state index < -0.39 is 0 Å². The number of hydrogen-bond acceptors (Lipinski definition) is 3. The molecule has 0 spiro atoms. The predicted octanol–water partition coefficient (Wildman–Crippen LogP) is -2.27. The Balaban J connectivity index is 3.44. The van der Waals surface area contributed by atoms with Crippen LogP contribution in [0.25, 0.3) is 0 Å². The van der Waals surface area contributed by atoms with E-state index in [1.807, 2.05) is 0 Å². The molecule has 0 saturated carbocycles. The normalized spacial score (nSPS) is 11.4. The van der Waals surface area contributed by atoms with Gasteiger partial charge >= 0.3 is 5.84 Å². The Labute approximate surface area is 71.2 Å². The lowest BCUT2D eigenvalue weighted by Crippen LogP contribution is -2.94. The molecule has 3 N–H and O–H groups in total. The minimum Gasteiger partial charge on any atom is -0.486 e. The van der Waals surface area contributed by atoms with Crippen molar-refractivity contribution in [2.24, 2.45) is 0 Å². The zero-order chi connectivity index (χ0) is 7.11. The van der Waals surface area contributed by atoms with Crippen LogP contribution in [0.3, 0.4) is 0 Å². The molecule has 0 rings (SSSR count). The maximum absolute atomic E-state index is 4.65. The number of thiocarbonyl (C=S) groups is 1. The van der Waals surface area contributed by atoms with Crippen molar-refractivity contribution in [2.45, 2.75) is 12.8 Å². The van der Waals surface area contributed by atoms with Crippen molar-refractivity contribution in [1.82, 2.24) is 0 Å². The first kappa shape index (κ1) is 9.29. The molecule has 0 bridgehead atoms. The van der Waals surface area contributed by atoms with Crippen molar-refractivity contribution < 1.29 is 9.12 Å².